The Kier molecular flexibility index (Phi) is 5.25. The van der Waals surface area contributed by atoms with E-state index in [0.29, 0.717) is 0 Å². The lowest BCUT2D eigenvalue weighted by Crippen LogP contribution is -2.34. The summed E-state index contributed by atoms with van der Waals surface area (Å²) in [6, 6.07) is 5.47. The number of halogens is 2. The first kappa shape index (κ1) is 15.8. The van der Waals surface area contributed by atoms with Gasteiger partial charge in [-0.05, 0) is 26.0 Å². The van der Waals surface area contributed by atoms with E-state index in [1.807, 2.05) is 0 Å². The van der Waals surface area contributed by atoms with Gasteiger partial charge in [0.05, 0.1) is 17.2 Å². The van der Waals surface area contributed by atoms with Crippen LogP contribution < -0.4 is 4.90 Å². The van der Waals surface area contributed by atoms with Crippen LogP contribution in [0.15, 0.2) is 29.2 Å². The summed E-state index contributed by atoms with van der Waals surface area (Å²) in [6.45, 7) is 3.57. The third-order valence-corrected chi connectivity index (χ3v) is 4.11. The van der Waals surface area contributed by atoms with Gasteiger partial charge in [0.2, 0.25) is 9.84 Å². The quantitative estimate of drug-likeness (QED) is 0.870. The zero-order chi connectivity index (χ0) is 14.6. The van der Waals surface area contributed by atoms with Crippen LogP contribution in [-0.2, 0) is 9.84 Å². The Morgan fingerprint density at radius 2 is 1.84 bits per heavy atom. The molecule has 108 valence electrons. The fraction of sp³-hybridized carbons (Fsp3) is 0.500. The molecule has 0 aliphatic rings. The molecule has 0 fully saturated rings. The minimum atomic E-state index is -4.66. The average Bonchev–Trinajstić information content (AvgIpc) is 2.35. The monoisotopic (exact) mass is 293 g/mol. The van der Waals surface area contributed by atoms with Crippen LogP contribution in [0.2, 0.25) is 0 Å². The largest absolute Gasteiger partial charge is 0.395 e. The lowest BCUT2D eigenvalue weighted by atomic mass is 10.2. The maximum atomic E-state index is 12.7. The van der Waals surface area contributed by atoms with Crippen LogP contribution in [0.3, 0.4) is 0 Å². The van der Waals surface area contributed by atoms with Gasteiger partial charge in [0.15, 0.2) is 0 Å². The van der Waals surface area contributed by atoms with Gasteiger partial charge >= 0.3 is 5.76 Å². The average molecular weight is 293 g/mol. The van der Waals surface area contributed by atoms with E-state index in [1.54, 1.807) is 24.8 Å². The Hall–Kier alpha value is -1.21. The van der Waals surface area contributed by atoms with Crippen LogP contribution in [0.5, 0.6) is 0 Å². The van der Waals surface area contributed by atoms with Gasteiger partial charge in [-0.15, -0.1) is 0 Å². The number of hydrogen-bond donors (Lipinski definition) is 1. The van der Waals surface area contributed by atoms with Crippen molar-refractivity contribution in [1.29, 1.82) is 0 Å². The van der Waals surface area contributed by atoms with Crippen LogP contribution in [0.1, 0.15) is 13.8 Å². The van der Waals surface area contributed by atoms with Gasteiger partial charge in [0.25, 0.3) is 0 Å². The fourth-order valence-corrected chi connectivity index (χ4v) is 2.73. The van der Waals surface area contributed by atoms with E-state index in [9.17, 15) is 17.2 Å². The van der Waals surface area contributed by atoms with E-state index in [2.05, 4.69) is 0 Å². The Morgan fingerprint density at radius 1 is 1.26 bits per heavy atom. The molecule has 19 heavy (non-hydrogen) atoms. The summed E-state index contributed by atoms with van der Waals surface area (Å²) in [6.07, 6.45) is 0. The highest BCUT2D eigenvalue weighted by Crippen LogP contribution is 2.30. The van der Waals surface area contributed by atoms with E-state index in [0.717, 1.165) is 6.07 Å². The first-order valence-electron chi connectivity index (χ1n) is 5.81. The molecule has 4 nitrogen and oxygen atoms in total. The van der Waals surface area contributed by atoms with E-state index < -0.39 is 20.5 Å². The number of aliphatic hydroxyl groups is 1. The first-order chi connectivity index (χ1) is 8.82. The number of para-hydroxylation sites is 1. The summed E-state index contributed by atoms with van der Waals surface area (Å²) in [5.41, 5.74) is 0.187. The number of hydrogen-bond acceptors (Lipinski definition) is 4. The highest BCUT2D eigenvalue weighted by Gasteiger charge is 2.30. The van der Waals surface area contributed by atoms with E-state index in [1.165, 1.54) is 12.1 Å². The van der Waals surface area contributed by atoms with Crippen molar-refractivity contribution in [3.63, 3.8) is 0 Å². The predicted molar refractivity (Wildman–Crippen MR) is 69.2 cm³/mol. The number of anilines is 1. The molecule has 0 amide bonds. The molecule has 0 atom stereocenters. The van der Waals surface area contributed by atoms with Crippen molar-refractivity contribution in [3.05, 3.63) is 24.3 Å². The topological polar surface area (TPSA) is 57.6 Å². The zero-order valence-electron chi connectivity index (χ0n) is 10.8. The minimum Gasteiger partial charge on any atom is -0.395 e. The van der Waals surface area contributed by atoms with Gasteiger partial charge in [-0.2, -0.15) is 8.78 Å². The molecular weight excluding hydrogens is 276 g/mol. The molecule has 7 heteroatoms. The van der Waals surface area contributed by atoms with Gasteiger partial charge in [-0.3, -0.25) is 0 Å². The van der Waals surface area contributed by atoms with Crippen molar-refractivity contribution < 1.29 is 22.3 Å². The second-order valence-electron chi connectivity index (χ2n) is 4.28. The van der Waals surface area contributed by atoms with Crippen LogP contribution in [0.25, 0.3) is 0 Å². The molecule has 0 aliphatic heterocycles. The maximum absolute atomic E-state index is 12.7. The third kappa shape index (κ3) is 3.42. The van der Waals surface area contributed by atoms with Crippen LogP contribution in [0, 0.1) is 0 Å². The van der Waals surface area contributed by atoms with Crippen molar-refractivity contribution in [3.8, 4) is 0 Å². The Bertz CT molecular complexity index is 517. The van der Waals surface area contributed by atoms with E-state index in [4.69, 9.17) is 5.11 Å². The number of aliphatic hydroxyl groups excluding tert-OH is 1. The SMILES string of the molecule is CC(C)N(CCO)c1ccccc1S(=O)(=O)C(F)F. The van der Waals surface area contributed by atoms with Crippen molar-refractivity contribution in [2.24, 2.45) is 0 Å². The molecule has 0 aliphatic carbocycles. The standard InChI is InChI=1S/C12H17F2NO3S/c1-9(2)15(7-8-16)10-5-3-4-6-11(10)19(17,18)12(13)14/h3-6,9,12,16H,7-8H2,1-2H3. The maximum Gasteiger partial charge on any atom is 0.341 e. The third-order valence-electron chi connectivity index (χ3n) is 2.68. The molecule has 1 aromatic carbocycles. The number of rotatable bonds is 6. The van der Waals surface area contributed by atoms with Crippen molar-refractivity contribution in [1.82, 2.24) is 0 Å². The molecule has 0 saturated heterocycles. The summed E-state index contributed by atoms with van der Waals surface area (Å²) >= 11 is 0. The molecule has 1 N–H and O–H groups in total. The Morgan fingerprint density at radius 3 is 2.32 bits per heavy atom. The summed E-state index contributed by atoms with van der Waals surface area (Å²) in [4.78, 5) is 1.17. The van der Waals surface area contributed by atoms with Crippen molar-refractivity contribution >= 4 is 15.5 Å². The van der Waals surface area contributed by atoms with Gasteiger partial charge in [-0.25, -0.2) is 8.42 Å². The summed E-state index contributed by atoms with van der Waals surface area (Å²) < 4.78 is 48.6. The molecule has 0 saturated carbocycles. The highest BCUT2D eigenvalue weighted by atomic mass is 32.2. The highest BCUT2D eigenvalue weighted by molar-refractivity contribution is 7.91. The second-order valence-corrected chi connectivity index (χ2v) is 6.17. The molecular formula is C12H17F2NO3S. The summed E-state index contributed by atoms with van der Waals surface area (Å²) in [5, 5.41) is 9.01. The van der Waals surface area contributed by atoms with Crippen LogP contribution >= 0.6 is 0 Å². The molecule has 0 aromatic heterocycles. The normalized spacial score (nSPS) is 12.2. The fourth-order valence-electron chi connectivity index (χ4n) is 1.80. The zero-order valence-corrected chi connectivity index (χ0v) is 11.6. The molecule has 0 bridgehead atoms. The van der Waals surface area contributed by atoms with Crippen molar-refractivity contribution in [2.75, 3.05) is 18.1 Å². The molecule has 1 rings (SSSR count). The van der Waals surface area contributed by atoms with Gasteiger partial charge in [-0.1, -0.05) is 12.1 Å². The van der Waals surface area contributed by atoms with E-state index in [-0.39, 0.29) is 24.9 Å². The Balaban J connectivity index is 3.37. The smallest absolute Gasteiger partial charge is 0.341 e. The molecule has 0 unspecified atom stereocenters. The first-order valence-corrected chi connectivity index (χ1v) is 7.35. The number of benzene rings is 1. The van der Waals surface area contributed by atoms with Crippen LogP contribution in [0.4, 0.5) is 14.5 Å². The van der Waals surface area contributed by atoms with Gasteiger partial charge in [0.1, 0.15) is 0 Å². The van der Waals surface area contributed by atoms with Crippen molar-refractivity contribution in [2.45, 2.75) is 30.5 Å². The lowest BCUT2D eigenvalue weighted by molar-refractivity contribution is 0.234. The number of nitrogens with zero attached hydrogens (tertiary/aromatic N) is 1. The number of alkyl halides is 2. The lowest BCUT2D eigenvalue weighted by Gasteiger charge is -2.30. The molecule has 1 aromatic rings. The van der Waals surface area contributed by atoms with E-state index >= 15 is 0 Å². The summed E-state index contributed by atoms with van der Waals surface area (Å²) in [7, 11) is -4.66. The molecule has 0 spiro atoms. The Labute approximate surface area is 111 Å². The summed E-state index contributed by atoms with van der Waals surface area (Å²) in [5.74, 6) is -3.46. The molecule has 0 radical (unpaired) electrons. The number of sulfone groups is 1. The van der Waals surface area contributed by atoms with Gasteiger partial charge in [0, 0.05) is 12.6 Å². The minimum absolute atomic E-state index is 0.124. The van der Waals surface area contributed by atoms with Crippen LogP contribution in [-0.4, -0.2) is 38.5 Å². The second kappa shape index (κ2) is 6.29. The van der Waals surface area contributed by atoms with Gasteiger partial charge < -0.3 is 10.0 Å². The predicted octanol–water partition coefficient (Wildman–Crippen LogP) is 1.89. The molecule has 0 heterocycles.